The van der Waals surface area contributed by atoms with Crippen LogP contribution < -0.4 is 5.32 Å². The number of nitrogens with zero attached hydrogens (tertiary/aromatic N) is 2. The van der Waals surface area contributed by atoms with Crippen LogP contribution >= 0.6 is 0 Å². The molecule has 0 fully saturated rings. The first-order chi connectivity index (χ1) is 10.7. The van der Waals surface area contributed by atoms with Crippen molar-refractivity contribution in [3.8, 4) is 0 Å². The van der Waals surface area contributed by atoms with Crippen LogP contribution in [0.25, 0.3) is 0 Å². The van der Waals surface area contributed by atoms with E-state index in [1.165, 1.54) is 6.07 Å². The number of aliphatic hydroxyl groups is 1. The molecule has 1 aliphatic rings. The van der Waals surface area contributed by atoms with E-state index in [2.05, 4.69) is 16.5 Å². The number of nitrogens with one attached hydrogen (secondary N) is 1. The molecule has 3 rings (SSSR count). The Morgan fingerprint density at radius 2 is 2.27 bits per heavy atom. The average molecular weight is 301 g/mol. The van der Waals surface area contributed by atoms with Gasteiger partial charge in [0.1, 0.15) is 5.82 Å². The van der Waals surface area contributed by atoms with Gasteiger partial charge in [0, 0.05) is 37.4 Å². The molecular weight excluding hydrogens is 281 g/mol. The molecule has 0 aliphatic heterocycles. The third-order valence-corrected chi connectivity index (χ3v) is 4.03. The summed E-state index contributed by atoms with van der Waals surface area (Å²) >= 11 is 0. The van der Waals surface area contributed by atoms with Gasteiger partial charge in [-0.25, -0.2) is 4.39 Å². The Labute approximate surface area is 129 Å². The van der Waals surface area contributed by atoms with Crippen molar-refractivity contribution in [2.24, 2.45) is 13.0 Å². The first-order valence-corrected chi connectivity index (χ1v) is 7.45. The standard InChI is InChI=1S/C17H20FN3O/c1-21-10-14(9-19-21)17(13-3-2-4-15(18)8-13)20-16-6-5-12(7-16)11-22/h2-6,8-10,12,16-17,20,22H,7,11H2,1H3/t12-,16+,17+/m0/s1. The van der Waals surface area contributed by atoms with E-state index in [1.54, 1.807) is 23.0 Å². The van der Waals surface area contributed by atoms with Crippen LogP contribution in [0.1, 0.15) is 23.6 Å². The van der Waals surface area contributed by atoms with E-state index in [9.17, 15) is 9.50 Å². The Balaban J connectivity index is 1.85. The van der Waals surface area contributed by atoms with E-state index >= 15 is 0 Å². The lowest BCUT2D eigenvalue weighted by Gasteiger charge is -2.22. The van der Waals surface area contributed by atoms with Crippen molar-refractivity contribution in [2.75, 3.05) is 6.61 Å². The highest BCUT2D eigenvalue weighted by Crippen LogP contribution is 2.26. The van der Waals surface area contributed by atoms with Crippen molar-refractivity contribution < 1.29 is 9.50 Å². The topological polar surface area (TPSA) is 50.1 Å². The van der Waals surface area contributed by atoms with E-state index in [0.717, 1.165) is 17.5 Å². The molecule has 1 heterocycles. The van der Waals surface area contributed by atoms with E-state index in [0.29, 0.717) is 0 Å². The summed E-state index contributed by atoms with van der Waals surface area (Å²) in [5.41, 5.74) is 1.86. The molecule has 3 atom stereocenters. The summed E-state index contributed by atoms with van der Waals surface area (Å²) in [4.78, 5) is 0. The molecule has 0 unspecified atom stereocenters. The molecule has 1 aromatic heterocycles. The van der Waals surface area contributed by atoms with Gasteiger partial charge in [0.15, 0.2) is 0 Å². The molecule has 0 spiro atoms. The second kappa shape index (κ2) is 6.42. The minimum Gasteiger partial charge on any atom is -0.396 e. The van der Waals surface area contributed by atoms with Crippen LogP contribution in [-0.4, -0.2) is 27.5 Å². The van der Waals surface area contributed by atoms with E-state index in [-0.39, 0.29) is 30.4 Å². The minimum absolute atomic E-state index is 0.128. The zero-order chi connectivity index (χ0) is 15.5. The summed E-state index contributed by atoms with van der Waals surface area (Å²) < 4.78 is 15.3. The number of aryl methyl sites for hydroxylation is 1. The smallest absolute Gasteiger partial charge is 0.123 e. The number of aromatic nitrogens is 2. The maximum Gasteiger partial charge on any atom is 0.123 e. The van der Waals surface area contributed by atoms with Crippen LogP contribution in [-0.2, 0) is 7.05 Å². The Hall–Kier alpha value is -1.98. The molecule has 0 radical (unpaired) electrons. The van der Waals surface area contributed by atoms with Crippen molar-refractivity contribution in [3.63, 3.8) is 0 Å². The van der Waals surface area contributed by atoms with Crippen molar-refractivity contribution in [1.29, 1.82) is 0 Å². The summed E-state index contributed by atoms with van der Waals surface area (Å²) in [6, 6.07) is 6.66. The van der Waals surface area contributed by atoms with Gasteiger partial charge >= 0.3 is 0 Å². The normalized spacial score (nSPS) is 22.1. The van der Waals surface area contributed by atoms with Crippen LogP contribution in [0.15, 0.2) is 48.8 Å². The molecule has 1 aliphatic carbocycles. The van der Waals surface area contributed by atoms with E-state index in [4.69, 9.17) is 0 Å². The van der Waals surface area contributed by atoms with Gasteiger partial charge in [0.25, 0.3) is 0 Å². The second-order valence-corrected chi connectivity index (χ2v) is 5.77. The van der Waals surface area contributed by atoms with E-state index in [1.807, 2.05) is 25.4 Å². The van der Waals surface area contributed by atoms with Crippen molar-refractivity contribution in [3.05, 3.63) is 65.8 Å². The van der Waals surface area contributed by atoms with Crippen LogP contribution in [0.4, 0.5) is 4.39 Å². The number of hydrogen-bond acceptors (Lipinski definition) is 3. The quantitative estimate of drug-likeness (QED) is 0.832. The highest BCUT2D eigenvalue weighted by molar-refractivity contribution is 5.30. The zero-order valence-electron chi connectivity index (χ0n) is 12.5. The van der Waals surface area contributed by atoms with Crippen LogP contribution in [0, 0.1) is 11.7 Å². The summed E-state index contributed by atoms with van der Waals surface area (Å²) in [6.45, 7) is 0.159. The minimum atomic E-state index is -0.247. The van der Waals surface area contributed by atoms with Crippen LogP contribution in [0.2, 0.25) is 0 Å². The Kier molecular flexibility index (Phi) is 4.36. The number of halogens is 1. The van der Waals surface area contributed by atoms with E-state index < -0.39 is 0 Å². The molecule has 0 amide bonds. The Bertz CT molecular complexity index is 667. The summed E-state index contributed by atoms with van der Waals surface area (Å²) in [5, 5.41) is 17.0. The molecule has 1 aromatic carbocycles. The largest absolute Gasteiger partial charge is 0.396 e. The highest BCUT2D eigenvalue weighted by atomic mass is 19.1. The summed E-state index contributed by atoms with van der Waals surface area (Å²) in [6.07, 6.45) is 8.69. The van der Waals surface area contributed by atoms with Gasteiger partial charge in [-0.2, -0.15) is 5.10 Å². The van der Waals surface area contributed by atoms with Crippen LogP contribution in [0.3, 0.4) is 0 Å². The number of aliphatic hydroxyl groups excluding tert-OH is 1. The number of rotatable bonds is 5. The maximum absolute atomic E-state index is 13.6. The van der Waals surface area contributed by atoms with Gasteiger partial charge in [0.2, 0.25) is 0 Å². The molecular formula is C17H20FN3O. The fourth-order valence-electron chi connectivity index (χ4n) is 2.91. The third kappa shape index (κ3) is 3.26. The predicted octanol–water partition coefficient (Wildman–Crippen LogP) is 2.18. The summed E-state index contributed by atoms with van der Waals surface area (Å²) in [5.74, 6) is -0.0528. The van der Waals surface area contributed by atoms with Gasteiger partial charge in [-0.05, 0) is 24.1 Å². The summed E-state index contributed by atoms with van der Waals surface area (Å²) in [7, 11) is 1.86. The lowest BCUT2D eigenvalue weighted by Crippen LogP contribution is -2.31. The SMILES string of the molecule is Cn1cc([C@H](N[C@@H]2C=C[C@H](CO)C2)c2cccc(F)c2)cn1. The van der Waals surface area contributed by atoms with Gasteiger partial charge in [-0.3, -0.25) is 10.00 Å². The zero-order valence-corrected chi connectivity index (χ0v) is 12.5. The molecule has 22 heavy (non-hydrogen) atoms. The lowest BCUT2D eigenvalue weighted by atomic mass is 9.99. The third-order valence-electron chi connectivity index (χ3n) is 4.03. The molecule has 4 nitrogen and oxygen atoms in total. The van der Waals surface area contributed by atoms with Crippen molar-refractivity contribution in [1.82, 2.24) is 15.1 Å². The molecule has 116 valence electrons. The average Bonchev–Trinajstić information content (AvgIpc) is 3.13. The highest BCUT2D eigenvalue weighted by Gasteiger charge is 2.24. The fraction of sp³-hybridized carbons (Fsp3) is 0.353. The Morgan fingerprint density at radius 1 is 1.41 bits per heavy atom. The molecule has 5 heteroatoms. The van der Waals surface area contributed by atoms with Gasteiger partial charge in [-0.15, -0.1) is 0 Å². The second-order valence-electron chi connectivity index (χ2n) is 5.77. The first-order valence-electron chi connectivity index (χ1n) is 7.45. The number of hydrogen-bond donors (Lipinski definition) is 2. The van der Waals surface area contributed by atoms with Gasteiger partial charge < -0.3 is 5.11 Å². The lowest BCUT2D eigenvalue weighted by molar-refractivity contribution is 0.245. The molecule has 0 saturated heterocycles. The van der Waals surface area contributed by atoms with Gasteiger partial charge in [-0.1, -0.05) is 24.3 Å². The predicted molar refractivity (Wildman–Crippen MR) is 82.7 cm³/mol. The van der Waals surface area contributed by atoms with Crippen molar-refractivity contribution >= 4 is 0 Å². The first kappa shape index (κ1) is 14.9. The monoisotopic (exact) mass is 301 g/mol. The van der Waals surface area contributed by atoms with Crippen molar-refractivity contribution in [2.45, 2.75) is 18.5 Å². The van der Waals surface area contributed by atoms with Gasteiger partial charge in [0.05, 0.1) is 12.2 Å². The maximum atomic E-state index is 13.6. The molecule has 0 saturated carbocycles. The van der Waals surface area contributed by atoms with Crippen LogP contribution in [0.5, 0.6) is 0 Å². The molecule has 2 N–H and O–H groups in total. The molecule has 0 bridgehead atoms. The fourth-order valence-corrected chi connectivity index (χ4v) is 2.91. The number of benzene rings is 1. The molecule has 2 aromatic rings. The Morgan fingerprint density at radius 3 is 2.91 bits per heavy atom.